The van der Waals surface area contributed by atoms with Crippen molar-refractivity contribution in [3.05, 3.63) is 48.4 Å². The number of hydrogen-bond acceptors (Lipinski definition) is 4. The molecule has 5 rings (SSSR count). The van der Waals surface area contributed by atoms with Gasteiger partial charge in [0.1, 0.15) is 17.2 Å². The van der Waals surface area contributed by atoms with Crippen molar-refractivity contribution in [2.45, 2.75) is 44.6 Å². The van der Waals surface area contributed by atoms with Crippen LogP contribution in [0.2, 0.25) is 0 Å². The maximum atomic E-state index is 11.9. The lowest BCUT2D eigenvalue weighted by Crippen LogP contribution is -2.33. The van der Waals surface area contributed by atoms with Crippen LogP contribution in [0.1, 0.15) is 37.9 Å². The molecule has 1 amide bonds. The molecule has 1 atom stereocenters. The largest absolute Gasteiger partial charge is 0.460 e. The monoisotopic (exact) mass is 374 g/mol. The average molecular weight is 374 g/mol. The molecule has 4 heterocycles. The van der Waals surface area contributed by atoms with Gasteiger partial charge in [-0.25, -0.2) is 9.97 Å². The number of carbonyl (C=O) groups is 1. The van der Waals surface area contributed by atoms with E-state index in [9.17, 15) is 4.79 Å². The number of H-pyrrole nitrogens is 1. The highest BCUT2D eigenvalue weighted by Crippen LogP contribution is 2.35. The normalized spacial score (nSPS) is 17.7. The third-order valence-electron chi connectivity index (χ3n) is 5.45. The number of aryl methyl sites for hydroxylation is 1. The van der Waals surface area contributed by atoms with Crippen LogP contribution in [0.3, 0.4) is 0 Å². The second kappa shape index (κ2) is 7.11. The van der Waals surface area contributed by atoms with Crippen LogP contribution in [0.5, 0.6) is 0 Å². The van der Waals surface area contributed by atoms with Crippen molar-refractivity contribution in [2.24, 2.45) is 0 Å². The van der Waals surface area contributed by atoms with Gasteiger partial charge >= 0.3 is 0 Å². The summed E-state index contributed by atoms with van der Waals surface area (Å²) in [6.07, 6.45) is 7.08. The van der Waals surface area contributed by atoms with E-state index in [2.05, 4.69) is 21.4 Å². The summed E-state index contributed by atoms with van der Waals surface area (Å²) in [4.78, 5) is 24.3. The standard InChI is InChI=1S/C22H22N4O2/c27-19-10-4-1-6-14(24-19)11-12-18-20(15-7-2-3-9-17(15)28-18)22-25-16-8-5-13-23-21(16)26-22/h2-3,5,7-9,13-14H,1,4,6,10-12H2,(H,24,27)(H,23,25,26). The zero-order valence-corrected chi connectivity index (χ0v) is 15.6. The summed E-state index contributed by atoms with van der Waals surface area (Å²) in [5.74, 6) is 1.84. The Kier molecular flexibility index (Phi) is 4.31. The fourth-order valence-electron chi connectivity index (χ4n) is 4.07. The molecule has 0 bridgehead atoms. The fourth-order valence-corrected chi connectivity index (χ4v) is 4.07. The minimum atomic E-state index is 0.163. The highest BCUT2D eigenvalue weighted by molar-refractivity contribution is 5.95. The van der Waals surface area contributed by atoms with Crippen LogP contribution >= 0.6 is 0 Å². The number of pyridine rings is 1. The van der Waals surface area contributed by atoms with Gasteiger partial charge in [-0.15, -0.1) is 0 Å². The summed E-state index contributed by atoms with van der Waals surface area (Å²) in [7, 11) is 0. The summed E-state index contributed by atoms with van der Waals surface area (Å²) in [5.41, 5.74) is 3.45. The van der Waals surface area contributed by atoms with Gasteiger partial charge in [-0.1, -0.05) is 24.6 Å². The first-order chi connectivity index (χ1) is 13.8. The molecule has 6 heteroatoms. The van der Waals surface area contributed by atoms with Crippen molar-refractivity contribution >= 4 is 28.0 Å². The molecular formula is C22H22N4O2. The van der Waals surface area contributed by atoms with E-state index in [0.29, 0.717) is 12.1 Å². The Hall–Kier alpha value is -3.15. The van der Waals surface area contributed by atoms with E-state index < -0.39 is 0 Å². The summed E-state index contributed by atoms with van der Waals surface area (Å²) >= 11 is 0. The molecule has 1 aromatic carbocycles. The Morgan fingerprint density at radius 3 is 3.00 bits per heavy atom. The van der Waals surface area contributed by atoms with Crippen molar-refractivity contribution in [3.8, 4) is 11.4 Å². The number of amides is 1. The van der Waals surface area contributed by atoms with Crippen LogP contribution in [0, 0.1) is 0 Å². The van der Waals surface area contributed by atoms with Crippen LogP contribution < -0.4 is 5.32 Å². The molecule has 0 spiro atoms. The zero-order chi connectivity index (χ0) is 18.9. The van der Waals surface area contributed by atoms with Crippen LogP contribution in [0.15, 0.2) is 47.0 Å². The van der Waals surface area contributed by atoms with Crippen molar-refractivity contribution in [2.75, 3.05) is 0 Å². The third kappa shape index (κ3) is 3.15. The Morgan fingerprint density at radius 1 is 1.14 bits per heavy atom. The molecular weight excluding hydrogens is 352 g/mol. The summed E-state index contributed by atoms with van der Waals surface area (Å²) in [6, 6.07) is 12.1. The number of nitrogens with one attached hydrogen (secondary N) is 2. The van der Waals surface area contributed by atoms with Gasteiger partial charge in [0.05, 0.1) is 11.1 Å². The molecule has 1 unspecified atom stereocenters. The number of fused-ring (bicyclic) bond motifs is 2. The van der Waals surface area contributed by atoms with E-state index in [4.69, 9.17) is 9.40 Å². The number of furan rings is 1. The van der Waals surface area contributed by atoms with Crippen molar-refractivity contribution in [3.63, 3.8) is 0 Å². The summed E-state index contributed by atoms with van der Waals surface area (Å²) < 4.78 is 6.21. The molecule has 0 aliphatic carbocycles. The zero-order valence-electron chi connectivity index (χ0n) is 15.6. The van der Waals surface area contributed by atoms with Crippen LogP contribution in [0.25, 0.3) is 33.5 Å². The molecule has 4 aromatic rings. The van der Waals surface area contributed by atoms with E-state index in [1.165, 1.54) is 0 Å². The second-order valence-corrected chi connectivity index (χ2v) is 7.41. The molecule has 6 nitrogen and oxygen atoms in total. The first kappa shape index (κ1) is 17.0. The van der Waals surface area contributed by atoms with Gasteiger partial charge in [-0.05, 0) is 37.5 Å². The topological polar surface area (TPSA) is 83.8 Å². The van der Waals surface area contributed by atoms with Crippen LogP contribution in [-0.4, -0.2) is 26.9 Å². The molecule has 3 aromatic heterocycles. The number of carbonyl (C=O) groups excluding carboxylic acids is 1. The Morgan fingerprint density at radius 2 is 2.07 bits per heavy atom. The van der Waals surface area contributed by atoms with Gasteiger partial charge in [-0.3, -0.25) is 4.79 Å². The van der Waals surface area contributed by atoms with Crippen molar-refractivity contribution in [1.29, 1.82) is 0 Å². The number of nitrogens with zero attached hydrogens (tertiary/aromatic N) is 2. The summed E-state index contributed by atoms with van der Waals surface area (Å²) in [5, 5.41) is 4.19. The SMILES string of the molecule is O=C1CCCCC(CCc2oc3ccccc3c2-c2nc3ncccc3[nH]2)N1. The van der Waals surface area contributed by atoms with E-state index in [-0.39, 0.29) is 11.9 Å². The molecule has 1 saturated heterocycles. The predicted octanol–water partition coefficient (Wildman–Crippen LogP) is 4.36. The average Bonchev–Trinajstić information content (AvgIpc) is 3.22. The number of imidazole rings is 1. The number of benzene rings is 1. The van der Waals surface area contributed by atoms with E-state index in [1.807, 2.05) is 30.3 Å². The molecule has 28 heavy (non-hydrogen) atoms. The Labute approximate surface area is 162 Å². The van der Waals surface area contributed by atoms with E-state index >= 15 is 0 Å². The van der Waals surface area contributed by atoms with E-state index in [1.54, 1.807) is 6.20 Å². The molecule has 0 saturated carbocycles. The minimum Gasteiger partial charge on any atom is -0.460 e. The maximum Gasteiger partial charge on any atom is 0.220 e. The van der Waals surface area contributed by atoms with Gasteiger partial charge < -0.3 is 14.7 Å². The first-order valence-corrected chi connectivity index (χ1v) is 9.89. The number of para-hydroxylation sites is 1. The van der Waals surface area contributed by atoms with Crippen LogP contribution in [0.4, 0.5) is 0 Å². The third-order valence-corrected chi connectivity index (χ3v) is 5.45. The smallest absolute Gasteiger partial charge is 0.220 e. The molecule has 1 aliphatic heterocycles. The number of aromatic nitrogens is 3. The highest BCUT2D eigenvalue weighted by atomic mass is 16.3. The first-order valence-electron chi connectivity index (χ1n) is 9.89. The number of aromatic amines is 1. The van der Waals surface area contributed by atoms with Crippen LogP contribution in [-0.2, 0) is 11.2 Å². The van der Waals surface area contributed by atoms with Crippen molar-refractivity contribution in [1.82, 2.24) is 20.3 Å². The lowest BCUT2D eigenvalue weighted by molar-refractivity contribution is -0.121. The Bertz CT molecular complexity index is 1110. The highest BCUT2D eigenvalue weighted by Gasteiger charge is 2.22. The predicted molar refractivity (Wildman–Crippen MR) is 108 cm³/mol. The molecule has 142 valence electrons. The number of rotatable bonds is 4. The molecule has 1 fully saturated rings. The van der Waals surface area contributed by atoms with Gasteiger partial charge in [0.15, 0.2) is 5.65 Å². The Balaban J connectivity index is 1.51. The maximum absolute atomic E-state index is 11.9. The minimum absolute atomic E-state index is 0.163. The van der Waals surface area contributed by atoms with Gasteiger partial charge in [0.25, 0.3) is 0 Å². The van der Waals surface area contributed by atoms with Crippen molar-refractivity contribution < 1.29 is 9.21 Å². The fraction of sp³-hybridized carbons (Fsp3) is 0.318. The molecule has 2 N–H and O–H groups in total. The molecule has 0 radical (unpaired) electrons. The van der Waals surface area contributed by atoms with Gasteiger partial charge in [-0.2, -0.15) is 0 Å². The van der Waals surface area contributed by atoms with Gasteiger partial charge in [0.2, 0.25) is 5.91 Å². The van der Waals surface area contributed by atoms with E-state index in [0.717, 1.165) is 65.7 Å². The molecule has 1 aliphatic rings. The summed E-state index contributed by atoms with van der Waals surface area (Å²) in [6.45, 7) is 0. The lowest BCUT2D eigenvalue weighted by Gasteiger charge is -2.15. The number of hydrogen-bond donors (Lipinski definition) is 2. The quantitative estimate of drug-likeness (QED) is 0.556. The van der Waals surface area contributed by atoms with Gasteiger partial charge in [0, 0.05) is 30.5 Å². The lowest BCUT2D eigenvalue weighted by atomic mass is 10.0. The second-order valence-electron chi connectivity index (χ2n) is 7.41.